The van der Waals surface area contributed by atoms with Crippen LogP contribution in [0.2, 0.25) is 0 Å². The zero-order valence-electron chi connectivity index (χ0n) is 9.84. The molecule has 1 aliphatic rings. The minimum atomic E-state index is 0.474. The molecule has 16 heavy (non-hydrogen) atoms. The number of hydrogen-bond donors (Lipinski definition) is 1. The molecular formula is C12H20N4. The van der Waals surface area contributed by atoms with Crippen LogP contribution in [-0.2, 0) is 6.54 Å². The molecule has 0 spiro atoms. The molecule has 2 rings (SSSR count). The van der Waals surface area contributed by atoms with Gasteiger partial charge in [-0.1, -0.05) is 12.2 Å². The third kappa shape index (κ3) is 3.45. The van der Waals surface area contributed by atoms with Gasteiger partial charge in [-0.3, -0.25) is 0 Å². The highest BCUT2D eigenvalue weighted by Gasteiger charge is 2.11. The lowest BCUT2D eigenvalue weighted by Gasteiger charge is -2.21. The minimum absolute atomic E-state index is 0.474. The molecule has 1 N–H and O–H groups in total. The molecule has 4 heteroatoms. The fourth-order valence-electron chi connectivity index (χ4n) is 2.11. The first-order valence-corrected chi connectivity index (χ1v) is 6.05. The molecule has 0 aliphatic heterocycles. The Kier molecular flexibility index (Phi) is 4.10. The van der Waals surface area contributed by atoms with Crippen molar-refractivity contribution in [1.82, 2.24) is 20.1 Å². The van der Waals surface area contributed by atoms with E-state index in [1.807, 2.05) is 4.57 Å². The maximum absolute atomic E-state index is 3.80. The number of hydrogen-bond acceptors (Lipinski definition) is 3. The summed E-state index contributed by atoms with van der Waals surface area (Å²) < 4.78 is 2.01. The Morgan fingerprint density at radius 1 is 1.38 bits per heavy atom. The summed E-state index contributed by atoms with van der Waals surface area (Å²) in [6, 6.07) is 0.474. The van der Waals surface area contributed by atoms with Gasteiger partial charge in [0.1, 0.15) is 12.7 Å². The van der Waals surface area contributed by atoms with E-state index in [-0.39, 0.29) is 0 Å². The Bertz CT molecular complexity index is 318. The Morgan fingerprint density at radius 3 is 2.88 bits per heavy atom. The van der Waals surface area contributed by atoms with Gasteiger partial charge in [-0.05, 0) is 38.6 Å². The van der Waals surface area contributed by atoms with Gasteiger partial charge in [0.25, 0.3) is 0 Å². The fourth-order valence-corrected chi connectivity index (χ4v) is 2.11. The van der Waals surface area contributed by atoms with E-state index in [0.717, 1.165) is 19.0 Å². The van der Waals surface area contributed by atoms with Gasteiger partial charge in [0.05, 0.1) is 0 Å². The predicted molar refractivity (Wildman–Crippen MR) is 64.0 cm³/mol. The van der Waals surface area contributed by atoms with E-state index in [9.17, 15) is 0 Å². The second kappa shape index (κ2) is 5.80. The van der Waals surface area contributed by atoms with Crippen LogP contribution in [0.25, 0.3) is 0 Å². The van der Waals surface area contributed by atoms with Crippen molar-refractivity contribution >= 4 is 0 Å². The van der Waals surface area contributed by atoms with Crippen LogP contribution >= 0.6 is 0 Å². The van der Waals surface area contributed by atoms with E-state index in [0.29, 0.717) is 6.04 Å². The van der Waals surface area contributed by atoms with Crippen molar-refractivity contribution in [3.05, 3.63) is 24.8 Å². The van der Waals surface area contributed by atoms with Gasteiger partial charge in [-0.25, -0.2) is 0 Å². The van der Waals surface area contributed by atoms with Crippen LogP contribution in [-0.4, -0.2) is 27.4 Å². The quantitative estimate of drug-likeness (QED) is 0.767. The molecule has 1 aromatic heterocycles. The van der Waals surface area contributed by atoms with Crippen molar-refractivity contribution in [2.75, 3.05) is 6.54 Å². The van der Waals surface area contributed by atoms with E-state index >= 15 is 0 Å². The summed E-state index contributed by atoms with van der Waals surface area (Å²) in [5, 5.41) is 11.2. The van der Waals surface area contributed by atoms with E-state index in [2.05, 4.69) is 34.6 Å². The summed E-state index contributed by atoms with van der Waals surface area (Å²) in [6.45, 7) is 4.27. The normalized spacial score (nSPS) is 22.2. The van der Waals surface area contributed by atoms with Gasteiger partial charge in [-0.2, -0.15) is 0 Å². The smallest absolute Gasteiger partial charge is 0.119 e. The first-order chi connectivity index (χ1) is 7.84. The van der Waals surface area contributed by atoms with Crippen LogP contribution < -0.4 is 5.32 Å². The van der Waals surface area contributed by atoms with Gasteiger partial charge >= 0.3 is 0 Å². The predicted octanol–water partition coefficient (Wildman–Crippen LogP) is 1.61. The molecule has 2 atom stereocenters. The van der Waals surface area contributed by atoms with Crippen molar-refractivity contribution in [3.63, 3.8) is 0 Å². The second-order valence-corrected chi connectivity index (χ2v) is 4.62. The SMILES string of the molecule is CC(Cn1cnnc1)NCC1CC=CCC1. The summed E-state index contributed by atoms with van der Waals surface area (Å²) in [5.74, 6) is 0.813. The van der Waals surface area contributed by atoms with Crippen molar-refractivity contribution < 1.29 is 0 Å². The number of nitrogens with zero attached hydrogens (tertiary/aromatic N) is 3. The molecule has 2 unspecified atom stereocenters. The molecule has 88 valence electrons. The molecule has 0 saturated carbocycles. The lowest BCUT2D eigenvalue weighted by molar-refractivity contribution is 0.390. The van der Waals surface area contributed by atoms with Gasteiger partial charge < -0.3 is 9.88 Å². The molecule has 1 aromatic rings. The average Bonchev–Trinajstić information content (AvgIpc) is 2.81. The summed E-state index contributed by atoms with van der Waals surface area (Å²) in [6.07, 6.45) is 11.9. The first-order valence-electron chi connectivity index (χ1n) is 6.05. The number of aromatic nitrogens is 3. The Labute approximate surface area is 96.8 Å². The van der Waals surface area contributed by atoms with Crippen LogP contribution in [0, 0.1) is 5.92 Å². The largest absolute Gasteiger partial charge is 0.319 e. The van der Waals surface area contributed by atoms with E-state index in [1.54, 1.807) is 12.7 Å². The molecule has 1 heterocycles. The lowest BCUT2D eigenvalue weighted by atomic mass is 9.94. The highest BCUT2D eigenvalue weighted by Crippen LogP contribution is 2.17. The average molecular weight is 220 g/mol. The monoisotopic (exact) mass is 220 g/mol. The Hall–Kier alpha value is -1.16. The van der Waals surface area contributed by atoms with Crippen LogP contribution in [0.5, 0.6) is 0 Å². The maximum atomic E-state index is 3.80. The number of allylic oxidation sites excluding steroid dienone is 2. The maximum Gasteiger partial charge on any atom is 0.119 e. The third-order valence-electron chi connectivity index (χ3n) is 3.08. The molecule has 4 nitrogen and oxygen atoms in total. The second-order valence-electron chi connectivity index (χ2n) is 4.62. The molecule has 0 amide bonds. The highest BCUT2D eigenvalue weighted by molar-refractivity contribution is 4.90. The Morgan fingerprint density at radius 2 is 2.19 bits per heavy atom. The third-order valence-corrected chi connectivity index (χ3v) is 3.08. The molecule has 0 radical (unpaired) electrons. The summed E-state index contributed by atoms with van der Waals surface area (Å²) in [7, 11) is 0. The molecule has 0 fully saturated rings. The van der Waals surface area contributed by atoms with Crippen molar-refractivity contribution in [1.29, 1.82) is 0 Å². The number of rotatable bonds is 5. The van der Waals surface area contributed by atoms with Crippen LogP contribution in [0.4, 0.5) is 0 Å². The Balaban J connectivity index is 1.67. The molecular weight excluding hydrogens is 200 g/mol. The van der Waals surface area contributed by atoms with Gasteiger partial charge in [0.15, 0.2) is 0 Å². The topological polar surface area (TPSA) is 42.7 Å². The van der Waals surface area contributed by atoms with E-state index in [4.69, 9.17) is 0 Å². The summed E-state index contributed by atoms with van der Waals surface area (Å²) in [4.78, 5) is 0. The first kappa shape index (κ1) is 11.3. The fraction of sp³-hybridized carbons (Fsp3) is 0.667. The van der Waals surface area contributed by atoms with E-state index in [1.165, 1.54) is 19.3 Å². The van der Waals surface area contributed by atoms with Gasteiger partial charge in [-0.15, -0.1) is 10.2 Å². The van der Waals surface area contributed by atoms with Crippen LogP contribution in [0.3, 0.4) is 0 Å². The van der Waals surface area contributed by atoms with Crippen LogP contribution in [0.1, 0.15) is 26.2 Å². The van der Waals surface area contributed by atoms with Crippen LogP contribution in [0.15, 0.2) is 24.8 Å². The standard InChI is InChI=1S/C12H20N4/c1-11(8-16-9-14-15-10-16)13-7-12-5-3-2-4-6-12/h2-3,9-13H,4-8H2,1H3. The van der Waals surface area contributed by atoms with Crippen molar-refractivity contribution in [3.8, 4) is 0 Å². The van der Waals surface area contributed by atoms with Crippen molar-refractivity contribution in [2.24, 2.45) is 5.92 Å². The minimum Gasteiger partial charge on any atom is -0.319 e. The molecule has 0 bridgehead atoms. The molecule has 1 aliphatic carbocycles. The van der Waals surface area contributed by atoms with Gasteiger partial charge in [0, 0.05) is 12.6 Å². The lowest BCUT2D eigenvalue weighted by Crippen LogP contribution is -2.34. The summed E-state index contributed by atoms with van der Waals surface area (Å²) >= 11 is 0. The zero-order chi connectivity index (χ0) is 11.2. The molecule has 0 aromatic carbocycles. The summed E-state index contributed by atoms with van der Waals surface area (Å²) in [5.41, 5.74) is 0. The highest BCUT2D eigenvalue weighted by atomic mass is 15.2. The van der Waals surface area contributed by atoms with E-state index < -0.39 is 0 Å². The number of nitrogens with one attached hydrogen (secondary N) is 1. The van der Waals surface area contributed by atoms with Gasteiger partial charge in [0.2, 0.25) is 0 Å². The molecule has 0 saturated heterocycles. The van der Waals surface area contributed by atoms with Crippen molar-refractivity contribution in [2.45, 2.75) is 38.8 Å². The zero-order valence-corrected chi connectivity index (χ0v) is 9.84.